The molecule has 2 rings (SSSR count). The molecule has 0 aliphatic carbocycles. The van der Waals surface area contributed by atoms with Gasteiger partial charge >= 0.3 is 0 Å². The van der Waals surface area contributed by atoms with Crippen LogP contribution >= 0.6 is 0 Å². The Balaban J connectivity index is 1.96. The summed E-state index contributed by atoms with van der Waals surface area (Å²) in [4.78, 5) is 13.2. The summed E-state index contributed by atoms with van der Waals surface area (Å²) < 4.78 is 0. The van der Waals surface area contributed by atoms with Crippen LogP contribution in [0.3, 0.4) is 0 Å². The predicted octanol–water partition coefficient (Wildman–Crippen LogP) is 1.60. The van der Waals surface area contributed by atoms with Gasteiger partial charge < -0.3 is 4.90 Å². The van der Waals surface area contributed by atoms with Gasteiger partial charge in [0, 0.05) is 38.6 Å². The van der Waals surface area contributed by atoms with Crippen LogP contribution in [-0.2, 0) is 0 Å². The molecular formula is C14H21N5. The van der Waals surface area contributed by atoms with Crippen LogP contribution in [0.15, 0.2) is 12.4 Å². The molecule has 102 valence electrons. The number of hydrogen-bond acceptors (Lipinski definition) is 5. The topological polar surface area (TPSA) is 56.1 Å². The lowest BCUT2D eigenvalue weighted by molar-refractivity contribution is 0.211. The smallest absolute Gasteiger partial charge is 0.150 e. The first-order valence-corrected chi connectivity index (χ1v) is 6.92. The Morgan fingerprint density at radius 1 is 1.26 bits per heavy atom. The second-order valence-corrected chi connectivity index (χ2v) is 4.92. The number of aromatic nitrogens is 2. The van der Waals surface area contributed by atoms with E-state index in [4.69, 9.17) is 0 Å². The molecule has 5 nitrogen and oxygen atoms in total. The number of aryl methyl sites for hydroxylation is 1. The van der Waals surface area contributed by atoms with Crippen LogP contribution in [0.2, 0.25) is 0 Å². The van der Waals surface area contributed by atoms with E-state index >= 15 is 0 Å². The summed E-state index contributed by atoms with van der Waals surface area (Å²) >= 11 is 0. The maximum absolute atomic E-state index is 9.21. The minimum Gasteiger partial charge on any atom is -0.353 e. The van der Waals surface area contributed by atoms with E-state index in [0.717, 1.165) is 50.5 Å². The van der Waals surface area contributed by atoms with Gasteiger partial charge in [-0.2, -0.15) is 5.26 Å². The van der Waals surface area contributed by atoms with Crippen molar-refractivity contribution in [1.82, 2.24) is 14.9 Å². The maximum Gasteiger partial charge on any atom is 0.150 e. The van der Waals surface area contributed by atoms with Crippen molar-refractivity contribution in [2.75, 3.05) is 31.1 Å². The molecule has 1 aliphatic rings. The molecule has 1 fully saturated rings. The van der Waals surface area contributed by atoms with Crippen LogP contribution in [0.1, 0.15) is 25.5 Å². The van der Waals surface area contributed by atoms with Gasteiger partial charge in [-0.25, -0.2) is 4.98 Å². The summed E-state index contributed by atoms with van der Waals surface area (Å²) in [6.45, 7) is 7.80. The van der Waals surface area contributed by atoms with E-state index in [9.17, 15) is 5.26 Å². The molecule has 0 amide bonds. The number of piperazine rings is 1. The van der Waals surface area contributed by atoms with Gasteiger partial charge in [-0.05, 0) is 13.3 Å². The SMILES string of the molecule is CCCC(C#N)N1CCN(c2nccnc2C)CC1. The van der Waals surface area contributed by atoms with E-state index in [1.165, 1.54) is 0 Å². The van der Waals surface area contributed by atoms with E-state index in [1.807, 2.05) is 6.92 Å². The Kier molecular flexibility index (Phi) is 4.69. The summed E-state index contributed by atoms with van der Waals surface area (Å²) in [5, 5.41) is 9.21. The third-order valence-electron chi connectivity index (χ3n) is 3.62. The lowest BCUT2D eigenvalue weighted by Crippen LogP contribution is -2.50. The van der Waals surface area contributed by atoms with Crippen molar-refractivity contribution in [3.05, 3.63) is 18.1 Å². The van der Waals surface area contributed by atoms with Crippen molar-refractivity contribution in [3.8, 4) is 6.07 Å². The molecule has 0 aromatic carbocycles. The molecule has 19 heavy (non-hydrogen) atoms. The van der Waals surface area contributed by atoms with Gasteiger partial charge in [0.1, 0.15) is 5.82 Å². The lowest BCUT2D eigenvalue weighted by Gasteiger charge is -2.37. The fourth-order valence-corrected chi connectivity index (χ4v) is 2.56. The van der Waals surface area contributed by atoms with Gasteiger partial charge in [0.05, 0.1) is 17.8 Å². The largest absolute Gasteiger partial charge is 0.353 e. The molecule has 2 heterocycles. The fourth-order valence-electron chi connectivity index (χ4n) is 2.56. The standard InChI is InChI=1S/C14H21N5/c1-3-4-13(11-15)18-7-9-19(10-8-18)14-12(2)16-5-6-17-14/h5-6,13H,3-4,7-10H2,1-2H3. The molecule has 0 spiro atoms. The van der Waals surface area contributed by atoms with Crippen LogP contribution in [0.25, 0.3) is 0 Å². The summed E-state index contributed by atoms with van der Waals surface area (Å²) in [7, 11) is 0. The van der Waals surface area contributed by atoms with Crippen molar-refractivity contribution in [1.29, 1.82) is 5.26 Å². The van der Waals surface area contributed by atoms with E-state index in [-0.39, 0.29) is 6.04 Å². The van der Waals surface area contributed by atoms with Gasteiger partial charge in [-0.1, -0.05) is 13.3 Å². The zero-order valence-corrected chi connectivity index (χ0v) is 11.7. The Morgan fingerprint density at radius 2 is 1.95 bits per heavy atom. The maximum atomic E-state index is 9.21. The molecule has 1 aromatic heterocycles. The molecule has 1 aliphatic heterocycles. The van der Waals surface area contributed by atoms with Crippen molar-refractivity contribution in [2.24, 2.45) is 0 Å². The van der Waals surface area contributed by atoms with Crippen LogP contribution < -0.4 is 4.90 Å². The average Bonchev–Trinajstić information content (AvgIpc) is 2.46. The monoisotopic (exact) mass is 259 g/mol. The van der Waals surface area contributed by atoms with Gasteiger partial charge in [-0.15, -0.1) is 0 Å². The Bertz CT molecular complexity index is 445. The quantitative estimate of drug-likeness (QED) is 0.822. The molecule has 0 N–H and O–H groups in total. The molecule has 1 atom stereocenters. The average molecular weight is 259 g/mol. The highest BCUT2D eigenvalue weighted by Crippen LogP contribution is 2.17. The fraction of sp³-hybridized carbons (Fsp3) is 0.643. The zero-order chi connectivity index (χ0) is 13.7. The highest BCUT2D eigenvalue weighted by atomic mass is 15.3. The zero-order valence-electron chi connectivity index (χ0n) is 11.7. The number of nitrogens with zero attached hydrogens (tertiary/aromatic N) is 5. The van der Waals surface area contributed by atoms with E-state index in [2.05, 4.69) is 32.8 Å². The Morgan fingerprint density at radius 3 is 2.53 bits per heavy atom. The highest BCUT2D eigenvalue weighted by Gasteiger charge is 2.24. The molecule has 1 saturated heterocycles. The summed E-state index contributed by atoms with van der Waals surface area (Å²) in [5.41, 5.74) is 0.973. The molecule has 1 aromatic rings. The first-order chi connectivity index (χ1) is 9.26. The van der Waals surface area contributed by atoms with Crippen LogP contribution in [0, 0.1) is 18.3 Å². The number of anilines is 1. The number of rotatable bonds is 4. The Hall–Kier alpha value is -1.67. The van der Waals surface area contributed by atoms with Crippen LogP contribution in [-0.4, -0.2) is 47.1 Å². The van der Waals surface area contributed by atoms with E-state index < -0.39 is 0 Å². The molecule has 5 heteroatoms. The minimum absolute atomic E-state index is 0.0649. The lowest BCUT2D eigenvalue weighted by atomic mass is 10.1. The predicted molar refractivity (Wildman–Crippen MR) is 74.9 cm³/mol. The minimum atomic E-state index is 0.0649. The first-order valence-electron chi connectivity index (χ1n) is 6.92. The Labute approximate surface area is 114 Å². The summed E-state index contributed by atoms with van der Waals surface area (Å²) in [6.07, 6.45) is 5.48. The molecular weight excluding hydrogens is 238 g/mol. The second kappa shape index (κ2) is 6.48. The molecule has 1 unspecified atom stereocenters. The second-order valence-electron chi connectivity index (χ2n) is 4.92. The van der Waals surface area contributed by atoms with E-state index in [0.29, 0.717) is 0 Å². The van der Waals surface area contributed by atoms with Crippen molar-refractivity contribution < 1.29 is 0 Å². The summed E-state index contributed by atoms with van der Waals surface area (Å²) in [5.74, 6) is 0.978. The third kappa shape index (κ3) is 3.21. The van der Waals surface area contributed by atoms with Crippen molar-refractivity contribution >= 4 is 5.82 Å². The number of hydrogen-bond donors (Lipinski definition) is 0. The number of nitriles is 1. The van der Waals surface area contributed by atoms with Gasteiger partial charge in [0.25, 0.3) is 0 Å². The van der Waals surface area contributed by atoms with Crippen LogP contribution in [0.4, 0.5) is 5.82 Å². The van der Waals surface area contributed by atoms with Gasteiger partial charge in [0.15, 0.2) is 0 Å². The normalized spacial score (nSPS) is 18.1. The van der Waals surface area contributed by atoms with Gasteiger partial charge in [0.2, 0.25) is 0 Å². The van der Waals surface area contributed by atoms with Crippen LogP contribution in [0.5, 0.6) is 0 Å². The summed E-state index contributed by atoms with van der Waals surface area (Å²) in [6, 6.07) is 2.48. The van der Waals surface area contributed by atoms with Crippen molar-refractivity contribution in [2.45, 2.75) is 32.7 Å². The van der Waals surface area contributed by atoms with Gasteiger partial charge in [-0.3, -0.25) is 9.88 Å². The molecule has 0 bridgehead atoms. The van der Waals surface area contributed by atoms with E-state index in [1.54, 1.807) is 12.4 Å². The first kappa shape index (κ1) is 13.8. The third-order valence-corrected chi connectivity index (χ3v) is 3.62. The molecule has 0 saturated carbocycles. The van der Waals surface area contributed by atoms with Crippen molar-refractivity contribution in [3.63, 3.8) is 0 Å². The molecule has 0 radical (unpaired) electrons. The highest BCUT2D eigenvalue weighted by molar-refractivity contribution is 5.42.